The Morgan fingerprint density at radius 3 is 2.86 bits per heavy atom. The molecule has 0 radical (unpaired) electrons. The van der Waals surface area contributed by atoms with Gasteiger partial charge in [0.25, 0.3) is 5.91 Å². The predicted molar refractivity (Wildman–Crippen MR) is 105 cm³/mol. The van der Waals surface area contributed by atoms with E-state index in [1.807, 2.05) is 43.3 Å². The van der Waals surface area contributed by atoms with Gasteiger partial charge < -0.3 is 18.8 Å². The zero-order valence-electron chi connectivity index (χ0n) is 15.8. The number of carbonyl (C=O) groups excluding carboxylic acids is 2. The maximum Gasteiger partial charge on any atom is 0.310 e. The Kier molecular flexibility index (Phi) is 4.77. The van der Waals surface area contributed by atoms with Crippen LogP contribution in [-0.4, -0.2) is 31.6 Å². The molecule has 0 N–H and O–H groups in total. The van der Waals surface area contributed by atoms with Crippen molar-refractivity contribution >= 4 is 28.5 Å². The van der Waals surface area contributed by atoms with Crippen molar-refractivity contribution < 1.29 is 23.5 Å². The number of ether oxygens (including phenoxy) is 2. The number of benzene rings is 2. The van der Waals surface area contributed by atoms with Gasteiger partial charge in [-0.05, 0) is 37.1 Å². The monoisotopic (exact) mass is 379 g/mol. The van der Waals surface area contributed by atoms with Gasteiger partial charge in [0.05, 0.1) is 19.8 Å². The molecule has 3 aromatic rings. The number of fused-ring (bicyclic) bond motifs is 2. The molecular formula is C22H21NO5. The molecule has 0 spiro atoms. The summed E-state index contributed by atoms with van der Waals surface area (Å²) in [4.78, 5) is 26.6. The highest BCUT2D eigenvalue weighted by Gasteiger charge is 2.31. The van der Waals surface area contributed by atoms with Crippen LogP contribution in [0.5, 0.6) is 5.75 Å². The molecule has 0 saturated heterocycles. The Bertz CT molecular complexity index is 1040. The lowest BCUT2D eigenvalue weighted by atomic mass is 10.1. The number of nitrogens with zero attached hydrogens (tertiary/aromatic N) is 1. The van der Waals surface area contributed by atoms with Crippen LogP contribution >= 0.6 is 0 Å². The number of furan rings is 1. The predicted octanol–water partition coefficient (Wildman–Crippen LogP) is 3.50. The highest BCUT2D eigenvalue weighted by molar-refractivity contribution is 5.98. The average molecular weight is 379 g/mol. The summed E-state index contributed by atoms with van der Waals surface area (Å²) in [6, 6.07) is 13.3. The maximum absolute atomic E-state index is 12.6. The Labute approximate surface area is 162 Å². The molecular weight excluding hydrogens is 358 g/mol. The molecule has 28 heavy (non-hydrogen) atoms. The number of amides is 1. The summed E-state index contributed by atoms with van der Waals surface area (Å²) in [5.74, 6) is 0.00109. The van der Waals surface area contributed by atoms with E-state index in [4.69, 9.17) is 13.9 Å². The molecule has 1 aliphatic rings. The lowest BCUT2D eigenvalue weighted by molar-refractivity contribution is -0.147. The molecule has 0 aliphatic carbocycles. The third kappa shape index (κ3) is 3.33. The summed E-state index contributed by atoms with van der Waals surface area (Å²) in [6.45, 7) is 1.71. The molecule has 0 fully saturated rings. The lowest BCUT2D eigenvalue weighted by Crippen LogP contribution is -2.38. The van der Waals surface area contributed by atoms with Gasteiger partial charge in [0.15, 0.2) is 6.61 Å². The molecule has 0 saturated carbocycles. The van der Waals surface area contributed by atoms with Crippen LogP contribution in [0, 0.1) is 0 Å². The van der Waals surface area contributed by atoms with Gasteiger partial charge >= 0.3 is 5.97 Å². The van der Waals surface area contributed by atoms with Crippen LogP contribution in [-0.2, 0) is 27.2 Å². The number of rotatable bonds is 5. The van der Waals surface area contributed by atoms with E-state index in [-0.39, 0.29) is 25.0 Å². The van der Waals surface area contributed by atoms with Crippen molar-refractivity contribution in [3.05, 3.63) is 59.9 Å². The van der Waals surface area contributed by atoms with Gasteiger partial charge in [-0.15, -0.1) is 0 Å². The zero-order valence-corrected chi connectivity index (χ0v) is 15.8. The van der Waals surface area contributed by atoms with E-state index < -0.39 is 5.97 Å². The summed E-state index contributed by atoms with van der Waals surface area (Å²) in [5.41, 5.74) is 3.39. The molecule has 4 rings (SSSR count). The highest BCUT2D eigenvalue weighted by atomic mass is 16.5. The highest BCUT2D eigenvalue weighted by Crippen LogP contribution is 2.32. The lowest BCUT2D eigenvalue weighted by Gasteiger charge is -2.22. The second-order valence-electron chi connectivity index (χ2n) is 6.91. The molecule has 1 aliphatic heterocycles. The van der Waals surface area contributed by atoms with Gasteiger partial charge in [0.1, 0.15) is 11.3 Å². The number of esters is 1. The third-order valence-corrected chi connectivity index (χ3v) is 5.03. The first-order valence-electron chi connectivity index (χ1n) is 9.16. The maximum atomic E-state index is 12.6. The second-order valence-corrected chi connectivity index (χ2v) is 6.91. The van der Waals surface area contributed by atoms with Crippen LogP contribution in [0.2, 0.25) is 0 Å². The molecule has 144 valence electrons. The van der Waals surface area contributed by atoms with Crippen molar-refractivity contribution in [3.63, 3.8) is 0 Å². The van der Waals surface area contributed by atoms with E-state index in [2.05, 4.69) is 0 Å². The minimum atomic E-state index is -0.466. The topological polar surface area (TPSA) is 69.0 Å². The van der Waals surface area contributed by atoms with Crippen molar-refractivity contribution in [2.45, 2.75) is 25.8 Å². The normalized spacial score (nSPS) is 15.5. The van der Waals surface area contributed by atoms with Gasteiger partial charge in [-0.3, -0.25) is 9.59 Å². The Morgan fingerprint density at radius 2 is 2.04 bits per heavy atom. The molecule has 0 unspecified atom stereocenters. The SMILES string of the molecule is COc1ccc2c(CC(=O)OCC(=O)N3c4ccccc4C[C@@H]3C)coc2c1. The molecule has 1 aromatic heterocycles. The van der Waals surface area contributed by atoms with Crippen molar-refractivity contribution in [1.29, 1.82) is 0 Å². The largest absolute Gasteiger partial charge is 0.497 e. The molecule has 2 heterocycles. The van der Waals surface area contributed by atoms with Gasteiger partial charge in [0, 0.05) is 28.7 Å². The fourth-order valence-electron chi connectivity index (χ4n) is 3.69. The number of para-hydroxylation sites is 1. The van der Waals surface area contributed by atoms with Crippen LogP contribution in [0.4, 0.5) is 5.69 Å². The summed E-state index contributed by atoms with van der Waals surface area (Å²) >= 11 is 0. The standard InChI is InChI=1S/C22H21NO5/c1-14-9-15-5-3-4-6-19(15)23(14)21(24)13-28-22(25)10-16-12-27-20-11-17(26-2)7-8-18(16)20/h3-8,11-12,14H,9-10,13H2,1-2H3/t14-/m0/s1. The molecule has 6 heteroatoms. The molecule has 1 amide bonds. The van der Waals surface area contributed by atoms with Crippen LogP contribution in [0.3, 0.4) is 0 Å². The summed E-state index contributed by atoms with van der Waals surface area (Å²) in [7, 11) is 1.58. The summed E-state index contributed by atoms with van der Waals surface area (Å²) < 4.78 is 15.9. The zero-order chi connectivity index (χ0) is 19.7. The second kappa shape index (κ2) is 7.38. The Morgan fingerprint density at radius 1 is 1.21 bits per heavy atom. The third-order valence-electron chi connectivity index (χ3n) is 5.03. The first-order chi connectivity index (χ1) is 13.6. The fraction of sp³-hybridized carbons (Fsp3) is 0.273. The average Bonchev–Trinajstić information content (AvgIpc) is 3.25. The van der Waals surface area contributed by atoms with Crippen molar-refractivity contribution in [3.8, 4) is 5.75 Å². The van der Waals surface area contributed by atoms with Gasteiger partial charge in [-0.25, -0.2) is 0 Å². The number of hydrogen-bond donors (Lipinski definition) is 0. The van der Waals surface area contributed by atoms with Gasteiger partial charge in [0.2, 0.25) is 0 Å². The number of hydrogen-bond acceptors (Lipinski definition) is 5. The van der Waals surface area contributed by atoms with E-state index in [9.17, 15) is 9.59 Å². The van der Waals surface area contributed by atoms with Crippen LogP contribution in [0.1, 0.15) is 18.1 Å². The molecule has 2 aromatic carbocycles. The first-order valence-corrected chi connectivity index (χ1v) is 9.16. The van der Waals surface area contributed by atoms with Crippen molar-refractivity contribution in [2.75, 3.05) is 18.6 Å². The quantitative estimate of drug-likeness (QED) is 0.635. The smallest absolute Gasteiger partial charge is 0.310 e. The number of methoxy groups -OCH3 is 1. The van der Waals surface area contributed by atoms with Crippen LogP contribution < -0.4 is 9.64 Å². The van der Waals surface area contributed by atoms with E-state index in [0.29, 0.717) is 11.3 Å². The van der Waals surface area contributed by atoms with Crippen LogP contribution in [0.25, 0.3) is 11.0 Å². The van der Waals surface area contributed by atoms with Crippen molar-refractivity contribution in [1.82, 2.24) is 0 Å². The van der Waals surface area contributed by atoms with Crippen molar-refractivity contribution in [2.24, 2.45) is 0 Å². The van der Waals surface area contributed by atoms with E-state index >= 15 is 0 Å². The molecule has 6 nitrogen and oxygen atoms in total. The summed E-state index contributed by atoms with van der Waals surface area (Å²) in [5, 5.41) is 0.825. The van der Waals surface area contributed by atoms with Gasteiger partial charge in [-0.1, -0.05) is 18.2 Å². The van der Waals surface area contributed by atoms with E-state index in [1.54, 1.807) is 18.1 Å². The Hall–Kier alpha value is -3.28. The fourth-order valence-corrected chi connectivity index (χ4v) is 3.69. The van der Waals surface area contributed by atoms with E-state index in [1.165, 1.54) is 6.26 Å². The molecule has 1 atom stereocenters. The van der Waals surface area contributed by atoms with E-state index in [0.717, 1.165) is 28.6 Å². The van der Waals surface area contributed by atoms with Gasteiger partial charge in [-0.2, -0.15) is 0 Å². The number of anilines is 1. The molecule has 0 bridgehead atoms. The minimum absolute atomic E-state index is 0.0404. The minimum Gasteiger partial charge on any atom is -0.497 e. The Balaban J connectivity index is 1.39. The summed E-state index contributed by atoms with van der Waals surface area (Å²) in [6.07, 6.45) is 2.38. The van der Waals surface area contributed by atoms with Crippen LogP contribution in [0.15, 0.2) is 53.1 Å². The first kappa shape index (κ1) is 18.1. The number of carbonyl (C=O) groups is 2.